The van der Waals surface area contributed by atoms with E-state index in [0.29, 0.717) is 33.8 Å². The highest BCUT2D eigenvalue weighted by Crippen LogP contribution is 2.45. The largest absolute Gasteiger partial charge is 0.463 e. The van der Waals surface area contributed by atoms with Crippen molar-refractivity contribution in [3.05, 3.63) is 80.4 Å². The van der Waals surface area contributed by atoms with Gasteiger partial charge in [0.1, 0.15) is 5.92 Å². The number of nitro groups is 1. The summed E-state index contributed by atoms with van der Waals surface area (Å²) in [7, 11) is 0. The Morgan fingerprint density at radius 2 is 2.00 bits per heavy atom. The van der Waals surface area contributed by atoms with Crippen molar-refractivity contribution in [2.75, 3.05) is 6.61 Å². The quantitative estimate of drug-likeness (QED) is 0.415. The topological polar surface area (TPSA) is 103 Å². The molecule has 0 bridgehead atoms. The van der Waals surface area contributed by atoms with E-state index in [1.54, 1.807) is 57.3 Å². The maximum absolute atomic E-state index is 12.8. The van der Waals surface area contributed by atoms with Crippen LogP contribution in [0, 0.1) is 10.1 Å². The Hall–Kier alpha value is -3.68. The third kappa shape index (κ3) is 2.67. The number of fused-ring (bicyclic) bond motifs is 3. The van der Waals surface area contributed by atoms with E-state index in [1.165, 1.54) is 4.57 Å². The zero-order valence-corrected chi connectivity index (χ0v) is 16.2. The van der Waals surface area contributed by atoms with E-state index in [1.807, 2.05) is 0 Å². The fourth-order valence-electron chi connectivity index (χ4n) is 4.17. The van der Waals surface area contributed by atoms with Crippen molar-refractivity contribution in [2.24, 2.45) is 0 Å². The van der Waals surface area contributed by atoms with Gasteiger partial charge in [-0.2, -0.15) is 0 Å². The van der Waals surface area contributed by atoms with Crippen LogP contribution in [0.4, 0.5) is 0 Å². The van der Waals surface area contributed by atoms with Crippen molar-refractivity contribution in [1.82, 2.24) is 9.88 Å². The van der Waals surface area contributed by atoms with E-state index in [2.05, 4.69) is 5.32 Å². The van der Waals surface area contributed by atoms with Crippen molar-refractivity contribution in [1.29, 1.82) is 0 Å². The van der Waals surface area contributed by atoms with E-state index in [-0.39, 0.29) is 23.8 Å². The summed E-state index contributed by atoms with van der Waals surface area (Å²) in [6.07, 6.45) is 1.66. The monoisotopic (exact) mass is 393 g/mol. The second-order valence-electron chi connectivity index (χ2n) is 6.92. The Kier molecular flexibility index (Phi) is 4.34. The highest BCUT2D eigenvalue weighted by Gasteiger charge is 2.43. The molecule has 1 aromatic carbocycles. The van der Waals surface area contributed by atoms with Crippen molar-refractivity contribution in [3.63, 3.8) is 0 Å². The minimum atomic E-state index is -0.963. The Bertz CT molecular complexity index is 1140. The number of ether oxygens (including phenoxy) is 1. The summed E-state index contributed by atoms with van der Waals surface area (Å²) in [4.78, 5) is 37.1. The van der Waals surface area contributed by atoms with Crippen LogP contribution in [0.5, 0.6) is 0 Å². The third-order valence-corrected chi connectivity index (χ3v) is 5.28. The molecule has 1 N–H and O–H groups in total. The number of hydrogen-bond donors (Lipinski definition) is 1. The second-order valence-corrected chi connectivity index (χ2v) is 6.92. The van der Waals surface area contributed by atoms with Gasteiger partial charge in [0.05, 0.1) is 28.5 Å². The van der Waals surface area contributed by atoms with Crippen LogP contribution in [-0.2, 0) is 9.53 Å². The molecular weight excluding hydrogens is 374 g/mol. The maximum atomic E-state index is 12.8. The highest BCUT2D eigenvalue weighted by molar-refractivity contribution is 6.10. The van der Waals surface area contributed by atoms with Crippen molar-refractivity contribution in [2.45, 2.75) is 26.7 Å². The molecule has 1 aromatic heterocycles. The lowest BCUT2D eigenvalue weighted by Crippen LogP contribution is -2.32. The number of rotatable bonds is 4. The number of nitrogens with zero attached hydrogens (tertiary/aromatic N) is 2. The summed E-state index contributed by atoms with van der Waals surface area (Å²) in [6, 6.07) is 8.65. The lowest BCUT2D eigenvalue weighted by molar-refractivity contribution is -0.431. The summed E-state index contributed by atoms with van der Waals surface area (Å²) in [5.41, 5.74) is 3.13. The van der Waals surface area contributed by atoms with Gasteiger partial charge in [0.15, 0.2) is 0 Å². The van der Waals surface area contributed by atoms with Crippen LogP contribution in [0.2, 0.25) is 0 Å². The molecule has 0 saturated heterocycles. The zero-order valence-electron chi connectivity index (χ0n) is 16.2. The molecule has 8 heteroatoms. The summed E-state index contributed by atoms with van der Waals surface area (Å²) >= 11 is 0. The van der Waals surface area contributed by atoms with Crippen LogP contribution < -0.4 is 5.32 Å². The molecule has 0 spiro atoms. The molecule has 0 fully saturated rings. The summed E-state index contributed by atoms with van der Waals surface area (Å²) in [5.74, 6) is -1.78. The standard InChI is InChI=1S/C21H19N3O5/c1-4-29-21(26)16-11(2)22-12(3)19(24(27)28)18(16)13-7-5-8-14-17(13)15-9-6-10-23(15)20(14)25/h5-10,18,22H,4H2,1-3H3. The van der Waals surface area contributed by atoms with E-state index in [9.17, 15) is 19.7 Å². The van der Waals surface area contributed by atoms with Crippen LogP contribution in [0.1, 0.15) is 42.6 Å². The molecule has 0 aliphatic carbocycles. The van der Waals surface area contributed by atoms with Gasteiger partial charge < -0.3 is 10.1 Å². The lowest BCUT2D eigenvalue weighted by atomic mass is 9.80. The predicted molar refractivity (Wildman–Crippen MR) is 105 cm³/mol. The molecule has 1 atom stereocenters. The van der Waals surface area contributed by atoms with E-state index in [4.69, 9.17) is 4.74 Å². The van der Waals surface area contributed by atoms with Crippen LogP contribution in [0.15, 0.2) is 59.2 Å². The Morgan fingerprint density at radius 3 is 2.69 bits per heavy atom. The van der Waals surface area contributed by atoms with Crippen molar-refractivity contribution in [3.8, 4) is 11.3 Å². The van der Waals surface area contributed by atoms with Gasteiger partial charge in [-0.1, -0.05) is 12.1 Å². The Balaban J connectivity index is 2.02. The van der Waals surface area contributed by atoms with Gasteiger partial charge >= 0.3 is 5.97 Å². The average Bonchev–Trinajstić information content (AvgIpc) is 3.24. The molecule has 0 radical (unpaired) electrons. The molecule has 8 nitrogen and oxygen atoms in total. The van der Waals surface area contributed by atoms with Gasteiger partial charge in [-0.3, -0.25) is 19.5 Å². The summed E-state index contributed by atoms with van der Waals surface area (Å²) < 4.78 is 6.72. The molecule has 2 aliphatic rings. The first-order chi connectivity index (χ1) is 13.9. The second kappa shape index (κ2) is 6.73. The molecular formula is C21H19N3O5. The number of hydrogen-bond acceptors (Lipinski definition) is 6. The molecule has 148 valence electrons. The highest BCUT2D eigenvalue weighted by atomic mass is 16.6. The van der Waals surface area contributed by atoms with Gasteiger partial charge in [-0.25, -0.2) is 4.79 Å². The van der Waals surface area contributed by atoms with Crippen LogP contribution in [-0.4, -0.2) is 28.0 Å². The zero-order chi connectivity index (χ0) is 20.9. The van der Waals surface area contributed by atoms with Crippen molar-refractivity contribution < 1.29 is 19.2 Å². The third-order valence-electron chi connectivity index (χ3n) is 5.28. The summed E-state index contributed by atoms with van der Waals surface area (Å²) in [6.45, 7) is 5.12. The molecule has 3 heterocycles. The molecule has 0 amide bonds. The van der Waals surface area contributed by atoms with E-state index >= 15 is 0 Å². The first kappa shape index (κ1) is 18.7. The number of esters is 1. The Labute approximate surface area is 166 Å². The minimum Gasteiger partial charge on any atom is -0.463 e. The molecule has 4 rings (SSSR count). The number of dihydropyridines is 1. The number of aromatic nitrogens is 1. The molecule has 29 heavy (non-hydrogen) atoms. The van der Waals surface area contributed by atoms with E-state index in [0.717, 1.165) is 0 Å². The van der Waals surface area contributed by atoms with Crippen LogP contribution in [0.25, 0.3) is 11.3 Å². The summed E-state index contributed by atoms with van der Waals surface area (Å²) in [5, 5.41) is 14.9. The van der Waals surface area contributed by atoms with Gasteiger partial charge in [-0.05, 0) is 44.5 Å². The first-order valence-electron chi connectivity index (χ1n) is 9.22. The normalized spacial score (nSPS) is 17.8. The SMILES string of the molecule is CCOC(=O)C1=C(C)NC(C)=C([N+](=O)[O-])C1c1cccc2c1-c1cccn1C2=O. The fourth-order valence-corrected chi connectivity index (χ4v) is 4.17. The Morgan fingerprint density at radius 1 is 1.24 bits per heavy atom. The predicted octanol–water partition coefficient (Wildman–Crippen LogP) is 3.19. The molecule has 2 aliphatic heterocycles. The van der Waals surface area contributed by atoms with E-state index < -0.39 is 16.8 Å². The average molecular weight is 393 g/mol. The lowest BCUT2D eigenvalue weighted by Gasteiger charge is -2.27. The minimum absolute atomic E-state index is 0.135. The maximum Gasteiger partial charge on any atom is 0.336 e. The van der Waals surface area contributed by atoms with Crippen LogP contribution >= 0.6 is 0 Å². The van der Waals surface area contributed by atoms with Gasteiger partial charge in [0, 0.05) is 23.0 Å². The number of carbonyl (C=O) groups is 2. The van der Waals surface area contributed by atoms with Gasteiger partial charge in [-0.15, -0.1) is 0 Å². The van der Waals surface area contributed by atoms with Crippen molar-refractivity contribution >= 4 is 11.9 Å². The smallest absolute Gasteiger partial charge is 0.336 e. The first-order valence-corrected chi connectivity index (χ1v) is 9.22. The van der Waals surface area contributed by atoms with Gasteiger partial charge in [0.25, 0.3) is 11.6 Å². The fraction of sp³-hybridized carbons (Fsp3) is 0.238. The van der Waals surface area contributed by atoms with Gasteiger partial charge in [0.2, 0.25) is 0 Å². The molecule has 1 unspecified atom stereocenters. The molecule has 2 aromatic rings. The number of nitrogens with one attached hydrogen (secondary N) is 1. The number of allylic oxidation sites excluding steroid dienone is 3. The number of carbonyl (C=O) groups excluding carboxylic acids is 2. The number of benzene rings is 1. The van der Waals surface area contributed by atoms with Crippen LogP contribution in [0.3, 0.4) is 0 Å². The molecule has 0 saturated carbocycles.